The molecule has 0 aromatic carbocycles. The van der Waals surface area contributed by atoms with Crippen molar-refractivity contribution in [3.8, 4) is 0 Å². The fourth-order valence-electron chi connectivity index (χ4n) is 5.94. The zero-order valence-electron chi connectivity index (χ0n) is 35.7. The first kappa shape index (κ1) is 52.5. The lowest BCUT2D eigenvalue weighted by molar-refractivity contribution is -0.870. The maximum Gasteiger partial charge on any atom is 0.306 e. The Morgan fingerprint density at radius 2 is 0.944 bits per heavy atom. The summed E-state index contributed by atoms with van der Waals surface area (Å²) < 4.78 is 33.9. The van der Waals surface area contributed by atoms with Crippen molar-refractivity contribution in [3.05, 3.63) is 24.3 Å². The molecule has 0 radical (unpaired) electrons. The molecule has 0 heterocycles. The second-order valence-electron chi connectivity index (χ2n) is 16.1. The van der Waals surface area contributed by atoms with Crippen molar-refractivity contribution in [1.29, 1.82) is 0 Å². The molecule has 0 amide bonds. The number of hydrogen-bond acceptors (Lipinski definition) is 8. The van der Waals surface area contributed by atoms with Gasteiger partial charge in [-0.1, -0.05) is 141 Å². The van der Waals surface area contributed by atoms with E-state index in [1.807, 2.05) is 21.1 Å². The molecular formula is C44H84NO8P. The van der Waals surface area contributed by atoms with Gasteiger partial charge in [-0.15, -0.1) is 0 Å². The molecule has 0 aromatic rings. The van der Waals surface area contributed by atoms with Gasteiger partial charge in [0.05, 0.1) is 27.7 Å². The van der Waals surface area contributed by atoms with Crippen molar-refractivity contribution in [2.45, 2.75) is 200 Å². The summed E-state index contributed by atoms with van der Waals surface area (Å²) in [5.74, 6) is -0.859. The molecule has 318 valence electrons. The SMILES string of the molecule is CCCCCCCC/C=C/CCCCCCCC(=O)O[C@H](COC(=O)CCCCC/C=C/CCCCCCCCCC)COP(=O)([O-])OCC[N+](C)(C)C. The lowest BCUT2D eigenvalue weighted by atomic mass is 10.1. The average molecular weight is 786 g/mol. The minimum atomic E-state index is -4.63. The lowest BCUT2D eigenvalue weighted by Crippen LogP contribution is -2.37. The van der Waals surface area contributed by atoms with Crippen LogP contribution in [0.3, 0.4) is 0 Å². The van der Waals surface area contributed by atoms with E-state index in [1.54, 1.807) is 0 Å². The fourth-order valence-corrected chi connectivity index (χ4v) is 6.67. The van der Waals surface area contributed by atoms with Gasteiger partial charge in [0.15, 0.2) is 6.10 Å². The van der Waals surface area contributed by atoms with Gasteiger partial charge in [-0.3, -0.25) is 14.2 Å². The molecule has 0 saturated carbocycles. The van der Waals surface area contributed by atoms with E-state index in [4.69, 9.17) is 18.5 Å². The Hall–Kier alpha value is -1.51. The minimum absolute atomic E-state index is 0.0335. The number of quaternary nitrogens is 1. The van der Waals surface area contributed by atoms with E-state index in [2.05, 4.69) is 38.2 Å². The van der Waals surface area contributed by atoms with Crippen LogP contribution in [-0.2, 0) is 32.7 Å². The first-order chi connectivity index (χ1) is 26.0. The first-order valence-corrected chi connectivity index (χ1v) is 23.5. The number of unbranched alkanes of at least 4 members (excludes halogenated alkanes) is 22. The first-order valence-electron chi connectivity index (χ1n) is 22.0. The van der Waals surface area contributed by atoms with Crippen LogP contribution in [0.4, 0.5) is 0 Å². The van der Waals surface area contributed by atoms with Crippen LogP contribution in [0.2, 0.25) is 0 Å². The van der Waals surface area contributed by atoms with Crippen molar-refractivity contribution < 1.29 is 42.1 Å². The van der Waals surface area contributed by atoms with Crippen molar-refractivity contribution in [2.75, 3.05) is 47.5 Å². The van der Waals surface area contributed by atoms with Crippen LogP contribution in [0.15, 0.2) is 24.3 Å². The van der Waals surface area contributed by atoms with Crippen molar-refractivity contribution in [1.82, 2.24) is 0 Å². The van der Waals surface area contributed by atoms with Gasteiger partial charge in [0, 0.05) is 12.8 Å². The Morgan fingerprint density at radius 3 is 1.39 bits per heavy atom. The standard InChI is InChI=1S/C44H84NO8P/c1-6-8-10-12-14-16-18-20-22-24-26-28-30-32-34-36-43(46)50-40-42(41-52-54(48,49)51-39-38-45(3,4)5)53-44(47)37-35-33-31-29-27-25-23-21-19-17-15-13-11-9-7-2/h21,23-24,26,42H,6-20,22,25,27-41H2,1-5H3/b23-21+,26-24+/t42-/m1/s1. The third kappa shape index (κ3) is 40.2. The summed E-state index contributed by atoms with van der Waals surface area (Å²) in [6.45, 7) is 4.20. The van der Waals surface area contributed by atoms with Gasteiger partial charge in [0.1, 0.15) is 19.8 Å². The van der Waals surface area contributed by atoms with Crippen LogP contribution in [0.1, 0.15) is 194 Å². The minimum Gasteiger partial charge on any atom is -0.756 e. The summed E-state index contributed by atoms with van der Waals surface area (Å²) in [4.78, 5) is 37.5. The third-order valence-corrected chi connectivity index (χ3v) is 10.4. The maximum absolute atomic E-state index is 12.7. The summed E-state index contributed by atoms with van der Waals surface area (Å²) in [6.07, 6.45) is 39.1. The van der Waals surface area contributed by atoms with Gasteiger partial charge in [0.2, 0.25) is 0 Å². The van der Waals surface area contributed by atoms with Crippen molar-refractivity contribution in [3.63, 3.8) is 0 Å². The summed E-state index contributed by atoms with van der Waals surface area (Å²) in [5, 5.41) is 0. The number of phosphoric acid groups is 1. The largest absolute Gasteiger partial charge is 0.756 e. The molecule has 9 nitrogen and oxygen atoms in total. The monoisotopic (exact) mass is 786 g/mol. The van der Waals surface area contributed by atoms with Crippen LogP contribution in [0.25, 0.3) is 0 Å². The van der Waals surface area contributed by atoms with Gasteiger partial charge >= 0.3 is 11.9 Å². The Balaban J connectivity index is 4.39. The van der Waals surface area contributed by atoms with Crippen LogP contribution in [0.5, 0.6) is 0 Å². The molecule has 0 aliphatic carbocycles. The summed E-state index contributed by atoms with van der Waals surface area (Å²) >= 11 is 0. The number of rotatable bonds is 40. The molecule has 0 aliphatic rings. The van der Waals surface area contributed by atoms with E-state index in [9.17, 15) is 19.0 Å². The second-order valence-corrected chi connectivity index (χ2v) is 17.5. The maximum atomic E-state index is 12.7. The molecule has 2 atom stereocenters. The number of carbonyl (C=O) groups is 2. The number of allylic oxidation sites excluding steroid dienone is 4. The predicted molar refractivity (Wildman–Crippen MR) is 222 cm³/mol. The molecule has 0 spiro atoms. The summed E-state index contributed by atoms with van der Waals surface area (Å²) in [5.41, 5.74) is 0. The van der Waals surface area contributed by atoms with Gasteiger partial charge in [-0.2, -0.15) is 0 Å². The van der Waals surface area contributed by atoms with Crippen LogP contribution >= 0.6 is 7.82 Å². The number of ether oxygens (including phenoxy) is 2. The molecule has 10 heteroatoms. The second kappa shape index (κ2) is 37.1. The topological polar surface area (TPSA) is 111 Å². The van der Waals surface area contributed by atoms with Crippen LogP contribution in [-0.4, -0.2) is 70.0 Å². The molecule has 1 unspecified atom stereocenters. The summed E-state index contributed by atoms with van der Waals surface area (Å²) in [6, 6.07) is 0. The Morgan fingerprint density at radius 1 is 0.556 bits per heavy atom. The molecule has 0 bridgehead atoms. The Bertz CT molecular complexity index is 980. The number of likely N-dealkylation sites (N-methyl/N-ethyl adjacent to an activating group) is 1. The van der Waals surface area contributed by atoms with E-state index in [0.29, 0.717) is 23.9 Å². The highest BCUT2D eigenvalue weighted by molar-refractivity contribution is 7.45. The third-order valence-electron chi connectivity index (χ3n) is 9.44. The Kier molecular flexibility index (Phi) is 36.1. The molecule has 0 aliphatic heterocycles. The molecule has 0 rings (SSSR count). The predicted octanol–water partition coefficient (Wildman–Crippen LogP) is 11.7. The highest BCUT2D eigenvalue weighted by atomic mass is 31.2. The van der Waals surface area contributed by atoms with E-state index in [1.165, 1.54) is 96.3 Å². The zero-order valence-corrected chi connectivity index (χ0v) is 36.6. The number of esters is 2. The fraction of sp³-hybridized carbons (Fsp3) is 0.864. The van der Waals surface area contributed by atoms with Gasteiger partial charge in [-0.05, 0) is 64.2 Å². The molecule has 0 fully saturated rings. The molecular weight excluding hydrogens is 701 g/mol. The van der Waals surface area contributed by atoms with Crippen LogP contribution < -0.4 is 4.89 Å². The van der Waals surface area contributed by atoms with Crippen molar-refractivity contribution >= 4 is 19.8 Å². The van der Waals surface area contributed by atoms with Gasteiger partial charge in [-0.25, -0.2) is 0 Å². The van der Waals surface area contributed by atoms with E-state index < -0.39 is 32.5 Å². The van der Waals surface area contributed by atoms with Crippen LogP contribution in [0, 0.1) is 0 Å². The highest BCUT2D eigenvalue weighted by Gasteiger charge is 2.21. The van der Waals surface area contributed by atoms with Gasteiger partial charge < -0.3 is 27.9 Å². The van der Waals surface area contributed by atoms with E-state index >= 15 is 0 Å². The zero-order chi connectivity index (χ0) is 40.0. The smallest absolute Gasteiger partial charge is 0.306 e. The summed E-state index contributed by atoms with van der Waals surface area (Å²) in [7, 11) is 1.16. The number of phosphoric ester groups is 1. The van der Waals surface area contributed by atoms with Gasteiger partial charge in [0.25, 0.3) is 7.82 Å². The molecule has 0 N–H and O–H groups in total. The quantitative estimate of drug-likeness (QED) is 0.0198. The molecule has 0 aromatic heterocycles. The van der Waals surface area contributed by atoms with E-state index in [0.717, 1.165) is 57.8 Å². The number of hydrogen-bond donors (Lipinski definition) is 0. The molecule has 54 heavy (non-hydrogen) atoms. The average Bonchev–Trinajstić information content (AvgIpc) is 3.12. The molecule has 0 saturated heterocycles. The normalized spacial score (nSPS) is 13.8. The van der Waals surface area contributed by atoms with Crippen molar-refractivity contribution in [2.24, 2.45) is 0 Å². The lowest BCUT2D eigenvalue weighted by Gasteiger charge is -2.28. The number of nitrogens with zero attached hydrogens (tertiary/aromatic N) is 1. The highest BCUT2D eigenvalue weighted by Crippen LogP contribution is 2.38. The number of carbonyl (C=O) groups excluding carboxylic acids is 2. The van der Waals surface area contributed by atoms with E-state index in [-0.39, 0.29) is 26.1 Å². The Labute approximate surface area is 332 Å².